The van der Waals surface area contributed by atoms with Gasteiger partial charge < -0.3 is 14.2 Å². The molecule has 0 N–H and O–H groups in total. The van der Waals surface area contributed by atoms with Crippen molar-refractivity contribution in [2.45, 2.75) is 20.4 Å². The molecule has 3 heterocycles. The van der Waals surface area contributed by atoms with Crippen LogP contribution in [0.3, 0.4) is 0 Å². The predicted molar refractivity (Wildman–Crippen MR) is 126 cm³/mol. The summed E-state index contributed by atoms with van der Waals surface area (Å²) in [6.07, 6.45) is 0. The van der Waals surface area contributed by atoms with Crippen LogP contribution in [-0.4, -0.2) is 57.0 Å². The average molecular weight is 461 g/mol. The van der Waals surface area contributed by atoms with Gasteiger partial charge in [0.2, 0.25) is 11.8 Å². The Morgan fingerprint density at radius 1 is 0.971 bits per heavy atom. The van der Waals surface area contributed by atoms with E-state index in [9.17, 15) is 9.18 Å². The first-order valence-electron chi connectivity index (χ1n) is 11.2. The van der Waals surface area contributed by atoms with Crippen LogP contribution in [0.2, 0.25) is 0 Å². The van der Waals surface area contributed by atoms with E-state index in [0.29, 0.717) is 49.3 Å². The summed E-state index contributed by atoms with van der Waals surface area (Å²) in [4.78, 5) is 17.0. The molecule has 8 nitrogen and oxygen atoms in total. The Bertz CT molecular complexity index is 1310. The van der Waals surface area contributed by atoms with E-state index in [1.807, 2.05) is 46.2 Å². The van der Waals surface area contributed by atoms with Gasteiger partial charge in [0.05, 0.1) is 11.4 Å². The van der Waals surface area contributed by atoms with Crippen molar-refractivity contribution in [3.05, 3.63) is 71.9 Å². The number of carbonyl (C=O) groups is 1. The van der Waals surface area contributed by atoms with Crippen molar-refractivity contribution in [3.8, 4) is 22.5 Å². The summed E-state index contributed by atoms with van der Waals surface area (Å²) in [7, 11) is 0. The number of hydrogen-bond donors (Lipinski definition) is 0. The van der Waals surface area contributed by atoms with E-state index in [4.69, 9.17) is 9.52 Å². The highest BCUT2D eigenvalue weighted by Gasteiger charge is 2.25. The molecule has 1 aliphatic rings. The first kappa shape index (κ1) is 21.8. The lowest BCUT2D eigenvalue weighted by molar-refractivity contribution is -0.132. The summed E-state index contributed by atoms with van der Waals surface area (Å²) in [6.45, 7) is 5.97. The lowest BCUT2D eigenvalue weighted by Gasteiger charge is -2.33. The minimum atomic E-state index is -0.253. The lowest BCUT2D eigenvalue weighted by atomic mass is 10.1. The molecule has 1 saturated heterocycles. The first-order valence-corrected chi connectivity index (χ1v) is 11.2. The maximum atomic E-state index is 13.8. The second kappa shape index (κ2) is 9.09. The minimum absolute atomic E-state index is 0.0107. The van der Waals surface area contributed by atoms with Crippen molar-refractivity contribution in [2.24, 2.45) is 0 Å². The van der Waals surface area contributed by atoms with Gasteiger partial charge in [0.25, 0.3) is 0 Å². The van der Waals surface area contributed by atoms with Crippen LogP contribution < -0.4 is 4.90 Å². The smallest absolute Gasteiger partial charge is 0.318 e. The Balaban J connectivity index is 1.36. The van der Waals surface area contributed by atoms with Crippen LogP contribution in [0.1, 0.15) is 11.5 Å². The zero-order chi connectivity index (χ0) is 23.7. The zero-order valence-electron chi connectivity index (χ0n) is 19.1. The highest BCUT2D eigenvalue weighted by Crippen LogP contribution is 2.27. The predicted octanol–water partition coefficient (Wildman–Crippen LogP) is 3.70. The van der Waals surface area contributed by atoms with Gasteiger partial charge in [-0.1, -0.05) is 35.4 Å². The van der Waals surface area contributed by atoms with E-state index in [0.717, 1.165) is 16.8 Å². The Morgan fingerprint density at radius 2 is 1.74 bits per heavy atom. The first-order chi connectivity index (χ1) is 16.5. The SMILES string of the molecule is Cc1nnc(N2CCN(C(=O)Cn3nc(-c4ccc(F)c(C)c4)cc3-c3ccccc3)CC2)o1. The molecule has 34 heavy (non-hydrogen) atoms. The second-order valence-electron chi connectivity index (χ2n) is 8.37. The number of piperazine rings is 1. The summed E-state index contributed by atoms with van der Waals surface area (Å²) in [6, 6.07) is 17.2. The Labute approximate surface area is 196 Å². The van der Waals surface area contributed by atoms with Gasteiger partial charge in [-0.2, -0.15) is 5.10 Å². The van der Waals surface area contributed by atoms with Gasteiger partial charge in [-0.05, 0) is 42.3 Å². The molecular weight excluding hydrogens is 435 g/mol. The third-order valence-electron chi connectivity index (χ3n) is 6.01. The third kappa shape index (κ3) is 4.41. The molecule has 0 spiro atoms. The topological polar surface area (TPSA) is 80.3 Å². The Morgan fingerprint density at radius 3 is 2.41 bits per heavy atom. The van der Waals surface area contributed by atoms with E-state index in [1.54, 1.807) is 30.7 Å². The molecule has 174 valence electrons. The van der Waals surface area contributed by atoms with Crippen LogP contribution in [0, 0.1) is 19.7 Å². The van der Waals surface area contributed by atoms with E-state index < -0.39 is 0 Å². The summed E-state index contributed by atoms with van der Waals surface area (Å²) < 4.78 is 21.0. The fourth-order valence-electron chi connectivity index (χ4n) is 4.11. The molecule has 0 aliphatic carbocycles. The number of rotatable bonds is 5. The van der Waals surface area contributed by atoms with E-state index in [-0.39, 0.29) is 18.3 Å². The van der Waals surface area contributed by atoms with Crippen LogP contribution in [0.25, 0.3) is 22.5 Å². The highest BCUT2D eigenvalue weighted by molar-refractivity contribution is 5.78. The number of benzene rings is 2. The van der Waals surface area contributed by atoms with Gasteiger partial charge in [-0.15, -0.1) is 5.10 Å². The van der Waals surface area contributed by atoms with Crippen molar-refractivity contribution >= 4 is 11.9 Å². The maximum Gasteiger partial charge on any atom is 0.318 e. The van der Waals surface area contributed by atoms with Crippen LogP contribution >= 0.6 is 0 Å². The van der Waals surface area contributed by atoms with E-state index in [2.05, 4.69) is 10.2 Å². The van der Waals surface area contributed by atoms with E-state index >= 15 is 0 Å². The van der Waals surface area contributed by atoms with Gasteiger partial charge in [0.15, 0.2) is 0 Å². The summed E-state index contributed by atoms with van der Waals surface area (Å²) in [5.74, 6) is 0.257. The Kier molecular flexibility index (Phi) is 5.83. The molecular formula is C25H25FN6O2. The number of aromatic nitrogens is 4. The lowest BCUT2D eigenvalue weighted by Crippen LogP contribution is -2.49. The van der Waals surface area contributed by atoms with Crippen molar-refractivity contribution in [1.82, 2.24) is 24.9 Å². The molecule has 2 aromatic carbocycles. The second-order valence-corrected chi connectivity index (χ2v) is 8.37. The fraction of sp³-hybridized carbons (Fsp3) is 0.280. The molecule has 5 rings (SSSR count). The molecule has 4 aromatic rings. The third-order valence-corrected chi connectivity index (χ3v) is 6.01. The molecule has 2 aromatic heterocycles. The zero-order valence-corrected chi connectivity index (χ0v) is 19.1. The van der Waals surface area contributed by atoms with Gasteiger partial charge >= 0.3 is 6.01 Å². The van der Waals surface area contributed by atoms with Crippen molar-refractivity contribution < 1.29 is 13.6 Å². The molecule has 9 heteroatoms. The van der Waals surface area contributed by atoms with Gasteiger partial charge in [0.1, 0.15) is 12.4 Å². The number of aryl methyl sites for hydroxylation is 2. The number of anilines is 1. The highest BCUT2D eigenvalue weighted by atomic mass is 19.1. The van der Waals surface area contributed by atoms with Crippen LogP contribution in [-0.2, 0) is 11.3 Å². The van der Waals surface area contributed by atoms with Gasteiger partial charge in [-0.25, -0.2) is 4.39 Å². The van der Waals surface area contributed by atoms with Crippen LogP contribution in [0.5, 0.6) is 0 Å². The quantitative estimate of drug-likeness (QED) is 0.452. The van der Waals surface area contributed by atoms with Crippen molar-refractivity contribution in [3.63, 3.8) is 0 Å². The summed E-state index contributed by atoms with van der Waals surface area (Å²) in [5, 5.41) is 12.7. The van der Waals surface area contributed by atoms with Crippen molar-refractivity contribution in [2.75, 3.05) is 31.1 Å². The largest absolute Gasteiger partial charge is 0.408 e. The molecule has 0 bridgehead atoms. The number of hydrogen-bond acceptors (Lipinski definition) is 6. The Hall–Kier alpha value is -4.01. The van der Waals surface area contributed by atoms with Crippen molar-refractivity contribution in [1.29, 1.82) is 0 Å². The molecule has 0 unspecified atom stereocenters. The van der Waals surface area contributed by atoms with Gasteiger partial charge in [-0.3, -0.25) is 9.48 Å². The maximum absolute atomic E-state index is 13.8. The number of carbonyl (C=O) groups excluding carboxylic acids is 1. The molecule has 1 aliphatic heterocycles. The number of halogens is 1. The number of nitrogens with zero attached hydrogens (tertiary/aromatic N) is 6. The van der Waals surface area contributed by atoms with Crippen LogP contribution in [0.4, 0.5) is 10.4 Å². The standard InChI is InChI=1S/C25H25FN6O2/c1-17-14-20(8-9-21(17)26)22-15-23(19-6-4-3-5-7-19)32(29-22)16-24(33)30-10-12-31(13-11-30)25-28-27-18(2)34-25/h3-9,14-15H,10-13,16H2,1-2H3. The molecule has 0 radical (unpaired) electrons. The summed E-state index contributed by atoms with van der Waals surface area (Å²) >= 11 is 0. The molecule has 0 atom stereocenters. The molecule has 1 fully saturated rings. The molecule has 0 saturated carbocycles. The number of amides is 1. The summed E-state index contributed by atoms with van der Waals surface area (Å²) in [5.41, 5.74) is 3.87. The van der Waals surface area contributed by atoms with Gasteiger partial charge in [0, 0.05) is 38.7 Å². The molecule has 1 amide bonds. The van der Waals surface area contributed by atoms with Crippen LogP contribution in [0.15, 0.2) is 59.0 Å². The fourth-order valence-corrected chi connectivity index (χ4v) is 4.11. The van der Waals surface area contributed by atoms with E-state index in [1.165, 1.54) is 6.07 Å². The average Bonchev–Trinajstić information content (AvgIpc) is 3.48. The minimum Gasteiger partial charge on any atom is -0.408 e. The monoisotopic (exact) mass is 460 g/mol. The normalized spacial score (nSPS) is 14.0.